The number of anilines is 1. The summed E-state index contributed by atoms with van der Waals surface area (Å²) in [5.41, 5.74) is 1.75. The van der Waals surface area contributed by atoms with Gasteiger partial charge in [-0.25, -0.2) is 8.42 Å². The zero-order chi connectivity index (χ0) is 15.2. The highest BCUT2D eigenvalue weighted by Crippen LogP contribution is 2.38. The van der Waals surface area contributed by atoms with Crippen molar-refractivity contribution < 1.29 is 8.42 Å². The van der Waals surface area contributed by atoms with Gasteiger partial charge in [0.1, 0.15) is 4.90 Å². The van der Waals surface area contributed by atoms with Crippen LogP contribution in [-0.2, 0) is 16.4 Å². The molecule has 3 rings (SSSR count). The van der Waals surface area contributed by atoms with Crippen LogP contribution in [0.3, 0.4) is 0 Å². The minimum Gasteiger partial charge on any atom is -0.263 e. The normalized spacial score (nSPS) is 17.9. The van der Waals surface area contributed by atoms with Crippen molar-refractivity contribution in [3.8, 4) is 0 Å². The highest BCUT2D eigenvalue weighted by molar-refractivity contribution is 7.93. The van der Waals surface area contributed by atoms with Gasteiger partial charge < -0.3 is 0 Å². The van der Waals surface area contributed by atoms with E-state index in [-0.39, 0.29) is 16.0 Å². The van der Waals surface area contributed by atoms with Gasteiger partial charge in [-0.2, -0.15) is 0 Å². The summed E-state index contributed by atoms with van der Waals surface area (Å²) >= 11 is 11.9. The molecule has 110 valence electrons. The fraction of sp³-hybridized carbons (Fsp3) is 0.200. The molecule has 0 fully saturated rings. The molecule has 0 aromatic heterocycles. The Hall–Kier alpha value is -1.23. The molecule has 1 heterocycles. The first-order valence-electron chi connectivity index (χ1n) is 6.48. The second-order valence-electron chi connectivity index (χ2n) is 5.06. The van der Waals surface area contributed by atoms with E-state index >= 15 is 0 Å². The van der Waals surface area contributed by atoms with Crippen LogP contribution >= 0.6 is 23.2 Å². The molecule has 1 aliphatic heterocycles. The predicted octanol–water partition coefficient (Wildman–Crippen LogP) is 4.13. The third-order valence-electron chi connectivity index (χ3n) is 3.58. The van der Waals surface area contributed by atoms with Gasteiger partial charge in [-0.3, -0.25) is 4.31 Å². The van der Waals surface area contributed by atoms with Crippen molar-refractivity contribution in [3.63, 3.8) is 0 Å². The smallest absolute Gasteiger partial charge is 0.263 e. The van der Waals surface area contributed by atoms with Gasteiger partial charge in [0.05, 0.1) is 10.7 Å². The Balaban J connectivity index is 2.15. The van der Waals surface area contributed by atoms with Gasteiger partial charge in [0.15, 0.2) is 0 Å². The van der Waals surface area contributed by atoms with E-state index in [9.17, 15) is 8.42 Å². The van der Waals surface area contributed by atoms with Crippen molar-refractivity contribution in [3.05, 3.63) is 58.1 Å². The van der Waals surface area contributed by atoms with Crippen LogP contribution in [0.4, 0.5) is 5.69 Å². The lowest BCUT2D eigenvalue weighted by Gasteiger charge is -2.25. The molecular formula is C15H13Cl2NO2S. The highest BCUT2D eigenvalue weighted by atomic mass is 35.5. The zero-order valence-electron chi connectivity index (χ0n) is 11.3. The first-order chi connectivity index (χ1) is 9.91. The minimum absolute atomic E-state index is 0.0807. The molecule has 0 spiro atoms. The lowest BCUT2D eigenvalue weighted by atomic mass is 10.1. The number of halogens is 2. The third kappa shape index (κ3) is 2.41. The Morgan fingerprint density at radius 3 is 2.57 bits per heavy atom. The molecular weight excluding hydrogens is 329 g/mol. The molecule has 0 radical (unpaired) electrons. The summed E-state index contributed by atoms with van der Waals surface area (Å²) in [7, 11) is -3.71. The summed E-state index contributed by atoms with van der Waals surface area (Å²) < 4.78 is 27.3. The second kappa shape index (κ2) is 5.20. The van der Waals surface area contributed by atoms with Crippen molar-refractivity contribution in [1.29, 1.82) is 0 Å². The summed E-state index contributed by atoms with van der Waals surface area (Å²) in [5.74, 6) is 0. The molecule has 0 aliphatic carbocycles. The van der Waals surface area contributed by atoms with Crippen LogP contribution in [0.1, 0.15) is 12.5 Å². The van der Waals surface area contributed by atoms with E-state index in [1.165, 1.54) is 22.5 Å². The third-order valence-corrected chi connectivity index (χ3v) is 6.22. The van der Waals surface area contributed by atoms with E-state index in [2.05, 4.69) is 0 Å². The number of fused-ring (bicyclic) bond motifs is 1. The monoisotopic (exact) mass is 341 g/mol. The van der Waals surface area contributed by atoms with Crippen LogP contribution in [0.2, 0.25) is 10.0 Å². The molecule has 3 nitrogen and oxygen atoms in total. The van der Waals surface area contributed by atoms with E-state index in [1.54, 1.807) is 0 Å². The maximum atomic E-state index is 12.9. The van der Waals surface area contributed by atoms with Gasteiger partial charge in [-0.15, -0.1) is 0 Å². The van der Waals surface area contributed by atoms with E-state index in [0.29, 0.717) is 11.4 Å². The van der Waals surface area contributed by atoms with E-state index in [0.717, 1.165) is 11.3 Å². The molecule has 0 amide bonds. The first-order valence-corrected chi connectivity index (χ1v) is 8.68. The number of rotatable bonds is 2. The van der Waals surface area contributed by atoms with Crippen LogP contribution in [-0.4, -0.2) is 14.5 Å². The Morgan fingerprint density at radius 1 is 1.14 bits per heavy atom. The van der Waals surface area contributed by atoms with E-state index in [4.69, 9.17) is 23.2 Å². The minimum atomic E-state index is -3.71. The average molecular weight is 342 g/mol. The molecule has 1 aliphatic rings. The summed E-state index contributed by atoms with van der Waals surface area (Å²) in [6.45, 7) is 1.89. The summed E-state index contributed by atoms with van der Waals surface area (Å²) in [6.07, 6.45) is 0.695. The van der Waals surface area contributed by atoms with Gasteiger partial charge in [0.25, 0.3) is 10.0 Å². The summed E-state index contributed by atoms with van der Waals surface area (Å²) in [4.78, 5) is 0.0807. The molecule has 2 aromatic carbocycles. The molecule has 0 unspecified atom stereocenters. The van der Waals surface area contributed by atoms with Crippen molar-refractivity contribution in [2.75, 3.05) is 4.31 Å². The van der Waals surface area contributed by atoms with Crippen molar-refractivity contribution >= 4 is 38.9 Å². The van der Waals surface area contributed by atoms with Gasteiger partial charge in [-0.1, -0.05) is 41.4 Å². The van der Waals surface area contributed by atoms with E-state index in [1.807, 2.05) is 31.2 Å². The molecule has 21 heavy (non-hydrogen) atoms. The number of para-hydroxylation sites is 1. The lowest BCUT2D eigenvalue weighted by Crippen LogP contribution is -2.35. The molecule has 0 saturated heterocycles. The maximum Gasteiger partial charge on any atom is 0.266 e. The molecule has 2 aromatic rings. The quantitative estimate of drug-likeness (QED) is 0.823. The molecule has 0 bridgehead atoms. The topological polar surface area (TPSA) is 37.4 Å². The van der Waals surface area contributed by atoms with Gasteiger partial charge in [-0.05, 0) is 43.2 Å². The van der Waals surface area contributed by atoms with E-state index < -0.39 is 10.0 Å². The fourth-order valence-electron chi connectivity index (χ4n) is 2.69. The van der Waals surface area contributed by atoms with Crippen LogP contribution in [0.15, 0.2) is 47.4 Å². The molecule has 6 heteroatoms. The fourth-order valence-corrected chi connectivity index (χ4v) is 5.14. The standard InChI is InChI=1S/C15H13Cl2NO2S/c1-10-8-11-4-2-3-5-14(11)18(10)21(19,20)15-7-6-12(16)9-13(15)17/h2-7,9-10H,8H2,1H3/t10-/m0/s1. The Labute approximate surface area is 134 Å². The SMILES string of the molecule is C[C@H]1Cc2ccccc2N1S(=O)(=O)c1ccc(Cl)cc1Cl. The number of hydrogen-bond acceptors (Lipinski definition) is 2. The second-order valence-corrected chi connectivity index (χ2v) is 7.68. The molecule has 0 saturated carbocycles. The largest absolute Gasteiger partial charge is 0.266 e. The van der Waals surface area contributed by atoms with Crippen molar-refractivity contribution in [2.45, 2.75) is 24.3 Å². The molecule has 1 atom stereocenters. The first kappa shape index (κ1) is 14.7. The molecule has 0 N–H and O–H groups in total. The van der Waals surface area contributed by atoms with Gasteiger partial charge >= 0.3 is 0 Å². The predicted molar refractivity (Wildman–Crippen MR) is 85.7 cm³/mol. The number of nitrogens with zero attached hydrogens (tertiary/aromatic N) is 1. The Morgan fingerprint density at radius 2 is 1.86 bits per heavy atom. The van der Waals surface area contributed by atoms with Crippen LogP contribution in [0.25, 0.3) is 0 Å². The number of benzene rings is 2. The number of sulfonamides is 1. The summed E-state index contributed by atoms with van der Waals surface area (Å²) in [6, 6.07) is 11.8. The lowest BCUT2D eigenvalue weighted by molar-refractivity contribution is 0.584. The van der Waals surface area contributed by atoms with Crippen molar-refractivity contribution in [1.82, 2.24) is 0 Å². The van der Waals surface area contributed by atoms with Gasteiger partial charge in [0, 0.05) is 11.1 Å². The van der Waals surface area contributed by atoms with Crippen molar-refractivity contribution in [2.24, 2.45) is 0 Å². The number of hydrogen-bond donors (Lipinski definition) is 0. The Bertz CT molecular complexity index is 805. The highest BCUT2D eigenvalue weighted by Gasteiger charge is 2.36. The summed E-state index contributed by atoms with van der Waals surface area (Å²) in [5, 5.41) is 0.549. The average Bonchev–Trinajstić information content (AvgIpc) is 2.74. The Kier molecular flexibility index (Phi) is 3.64. The maximum absolute atomic E-state index is 12.9. The zero-order valence-corrected chi connectivity index (χ0v) is 13.6. The van der Waals surface area contributed by atoms with Crippen LogP contribution in [0.5, 0.6) is 0 Å². The van der Waals surface area contributed by atoms with Crippen LogP contribution in [0, 0.1) is 0 Å². The van der Waals surface area contributed by atoms with Crippen LogP contribution < -0.4 is 4.31 Å². The van der Waals surface area contributed by atoms with Gasteiger partial charge in [0.2, 0.25) is 0 Å².